The van der Waals surface area contributed by atoms with E-state index in [0.717, 1.165) is 0 Å². The van der Waals surface area contributed by atoms with Crippen LogP contribution >= 0.6 is 11.3 Å². The lowest BCUT2D eigenvalue weighted by molar-refractivity contribution is 0.467. The van der Waals surface area contributed by atoms with Gasteiger partial charge in [-0.1, -0.05) is 0 Å². The first-order valence-electron chi connectivity index (χ1n) is 3.67. The number of thiazole rings is 1. The minimum absolute atomic E-state index is 0.0966. The van der Waals surface area contributed by atoms with Crippen molar-refractivity contribution in [3.8, 4) is 0 Å². The molecule has 70 valence electrons. The van der Waals surface area contributed by atoms with Crippen molar-refractivity contribution in [2.24, 2.45) is 0 Å². The maximum atomic E-state index is 12.0. The number of imidazole rings is 1. The highest BCUT2D eigenvalue weighted by Crippen LogP contribution is 2.18. The van der Waals surface area contributed by atoms with Gasteiger partial charge < -0.3 is 12.9 Å². The zero-order chi connectivity index (χ0) is 9.47. The van der Waals surface area contributed by atoms with E-state index >= 15 is 0 Å². The van der Waals surface area contributed by atoms with Crippen molar-refractivity contribution in [1.82, 2.24) is 9.38 Å². The Morgan fingerprint density at radius 2 is 2.23 bits per heavy atom. The zero-order valence-electron chi connectivity index (χ0n) is 6.45. The van der Waals surface area contributed by atoms with E-state index in [1.54, 1.807) is 16.0 Å². The van der Waals surface area contributed by atoms with Crippen LogP contribution in [0, 0.1) is 0 Å². The lowest BCUT2D eigenvalue weighted by Crippen LogP contribution is -2.19. The minimum atomic E-state index is -4.77. The molecule has 0 saturated carbocycles. The van der Waals surface area contributed by atoms with Gasteiger partial charge in [-0.25, -0.2) is 4.98 Å². The predicted molar refractivity (Wildman–Crippen MR) is 45.9 cm³/mol. The Hall–Kier alpha value is -0.975. The fourth-order valence-corrected chi connectivity index (χ4v) is 1.83. The number of rotatable bonds is 2. The molecule has 0 saturated heterocycles. The Bertz CT molecular complexity index is 390. The molecule has 0 N–H and O–H groups in total. The maximum absolute atomic E-state index is 12.0. The topological polar surface area (TPSA) is 17.3 Å². The largest absolute Gasteiger partial charge is 0.484 e. The van der Waals surface area contributed by atoms with Crippen molar-refractivity contribution in [2.75, 3.05) is 0 Å². The molecular formula is C6H5BF3N2S-. The zero-order valence-corrected chi connectivity index (χ0v) is 7.27. The maximum Gasteiger partial charge on any atom is 0.484 e. The number of fused-ring (bicyclic) bond motifs is 1. The monoisotopic (exact) mass is 205 g/mol. The van der Waals surface area contributed by atoms with Crippen LogP contribution in [0.3, 0.4) is 0 Å². The smallest absolute Gasteiger partial charge is 0.449 e. The second-order valence-corrected chi connectivity index (χ2v) is 3.61. The number of hydrogen-bond donors (Lipinski definition) is 0. The molecule has 0 bridgehead atoms. The van der Waals surface area contributed by atoms with Crippen molar-refractivity contribution in [3.05, 3.63) is 23.5 Å². The fourth-order valence-electron chi connectivity index (χ4n) is 1.11. The Morgan fingerprint density at radius 1 is 1.46 bits per heavy atom. The van der Waals surface area contributed by atoms with Crippen LogP contribution in [0.15, 0.2) is 17.8 Å². The highest BCUT2D eigenvalue weighted by atomic mass is 32.1. The molecule has 0 aliphatic carbocycles. The molecule has 0 aromatic carbocycles. The van der Waals surface area contributed by atoms with Gasteiger partial charge in [0.05, 0.1) is 0 Å². The van der Waals surface area contributed by atoms with Crippen molar-refractivity contribution in [1.29, 1.82) is 0 Å². The third-order valence-electron chi connectivity index (χ3n) is 1.58. The van der Waals surface area contributed by atoms with Crippen molar-refractivity contribution in [2.45, 2.75) is 6.32 Å². The van der Waals surface area contributed by atoms with E-state index in [4.69, 9.17) is 0 Å². The van der Waals surface area contributed by atoms with Crippen LogP contribution in [0.5, 0.6) is 0 Å². The van der Waals surface area contributed by atoms with E-state index in [1.165, 1.54) is 17.5 Å². The SMILES string of the molecule is F[B-](F)(F)Cc1cn2ccsc2n1. The molecule has 0 fully saturated rings. The lowest BCUT2D eigenvalue weighted by Gasteiger charge is -2.09. The first kappa shape index (κ1) is 8.62. The van der Waals surface area contributed by atoms with E-state index in [-0.39, 0.29) is 5.69 Å². The van der Waals surface area contributed by atoms with Crippen LogP contribution in [0.1, 0.15) is 5.69 Å². The summed E-state index contributed by atoms with van der Waals surface area (Å²) in [6.45, 7) is -4.77. The summed E-state index contributed by atoms with van der Waals surface area (Å²) in [7, 11) is 0. The van der Waals surface area contributed by atoms with E-state index in [0.29, 0.717) is 4.96 Å². The van der Waals surface area contributed by atoms with Gasteiger partial charge in [0.25, 0.3) is 0 Å². The number of hydrogen-bond acceptors (Lipinski definition) is 2. The highest BCUT2D eigenvalue weighted by molar-refractivity contribution is 7.15. The Morgan fingerprint density at radius 3 is 2.85 bits per heavy atom. The van der Waals surface area contributed by atoms with Gasteiger partial charge in [-0.2, -0.15) is 0 Å². The number of nitrogens with zero attached hydrogens (tertiary/aromatic N) is 2. The molecule has 2 heterocycles. The molecule has 0 aliphatic rings. The van der Waals surface area contributed by atoms with Gasteiger partial charge in [0.15, 0.2) is 4.96 Å². The molecule has 2 nitrogen and oxygen atoms in total. The van der Waals surface area contributed by atoms with E-state index in [2.05, 4.69) is 4.98 Å². The molecule has 0 spiro atoms. The second kappa shape index (κ2) is 2.76. The first-order valence-corrected chi connectivity index (χ1v) is 4.55. The summed E-state index contributed by atoms with van der Waals surface area (Å²) < 4.78 is 37.6. The van der Waals surface area contributed by atoms with E-state index in [1.807, 2.05) is 0 Å². The van der Waals surface area contributed by atoms with Crippen LogP contribution < -0.4 is 0 Å². The van der Waals surface area contributed by atoms with Gasteiger partial charge in [0, 0.05) is 23.5 Å². The predicted octanol–water partition coefficient (Wildman–Crippen LogP) is 2.32. The van der Waals surface area contributed by atoms with Gasteiger partial charge in [0.1, 0.15) is 0 Å². The summed E-state index contributed by atoms with van der Waals surface area (Å²) in [5.74, 6) is 0. The number of halogens is 3. The standard InChI is InChI=1S/C6H5BF3N2S/c8-7(9,10)3-5-4-12-1-2-13-6(12)11-5/h1-2,4H,3H2/q-1. The molecule has 0 aliphatic heterocycles. The summed E-state index contributed by atoms with van der Waals surface area (Å²) >= 11 is 1.33. The Labute approximate surface area is 76.1 Å². The van der Waals surface area contributed by atoms with Gasteiger partial charge in [0.2, 0.25) is 0 Å². The first-order chi connectivity index (χ1) is 6.04. The molecular weight excluding hydrogens is 200 g/mol. The molecule has 0 radical (unpaired) electrons. The summed E-state index contributed by atoms with van der Waals surface area (Å²) in [4.78, 5) is 4.44. The minimum Gasteiger partial charge on any atom is -0.449 e. The molecule has 2 aromatic heterocycles. The average molecular weight is 205 g/mol. The van der Waals surface area contributed by atoms with Crippen molar-refractivity contribution in [3.63, 3.8) is 0 Å². The molecule has 2 rings (SSSR count). The molecule has 13 heavy (non-hydrogen) atoms. The third kappa shape index (κ3) is 1.85. The van der Waals surface area contributed by atoms with Crippen LogP contribution in [0.4, 0.5) is 12.9 Å². The summed E-state index contributed by atoms with van der Waals surface area (Å²) in [6.07, 6.45) is 2.22. The van der Waals surface area contributed by atoms with Crippen molar-refractivity contribution < 1.29 is 12.9 Å². The van der Waals surface area contributed by atoms with E-state index in [9.17, 15) is 12.9 Å². The molecule has 2 aromatic rings. The average Bonchev–Trinajstić information content (AvgIpc) is 2.40. The van der Waals surface area contributed by atoms with Crippen LogP contribution in [-0.2, 0) is 6.32 Å². The fraction of sp³-hybridized carbons (Fsp3) is 0.167. The normalized spacial score (nSPS) is 12.5. The lowest BCUT2D eigenvalue weighted by atomic mass is 9.85. The second-order valence-electron chi connectivity index (χ2n) is 2.74. The molecule has 0 unspecified atom stereocenters. The van der Waals surface area contributed by atoms with Gasteiger partial charge >= 0.3 is 6.98 Å². The van der Waals surface area contributed by atoms with Gasteiger partial charge in [-0.05, 0) is 6.32 Å². The quantitative estimate of drug-likeness (QED) is 0.687. The summed E-state index contributed by atoms with van der Waals surface area (Å²) in [5.41, 5.74) is 0.0966. The van der Waals surface area contributed by atoms with Crippen LogP contribution in [0.25, 0.3) is 4.96 Å². The van der Waals surface area contributed by atoms with Crippen LogP contribution in [-0.4, -0.2) is 16.4 Å². The van der Waals surface area contributed by atoms with Crippen LogP contribution in [0.2, 0.25) is 0 Å². The number of aromatic nitrogens is 2. The molecule has 0 atom stereocenters. The Kier molecular flexibility index (Phi) is 1.83. The van der Waals surface area contributed by atoms with E-state index < -0.39 is 13.3 Å². The third-order valence-corrected chi connectivity index (χ3v) is 2.35. The summed E-state index contributed by atoms with van der Waals surface area (Å²) in [5, 5.41) is 1.78. The van der Waals surface area contributed by atoms with Gasteiger partial charge in [-0.3, -0.25) is 4.40 Å². The van der Waals surface area contributed by atoms with Gasteiger partial charge in [-0.15, -0.1) is 11.3 Å². The molecule has 7 heteroatoms. The highest BCUT2D eigenvalue weighted by Gasteiger charge is 2.24. The van der Waals surface area contributed by atoms with Crippen molar-refractivity contribution >= 4 is 23.3 Å². The Balaban J connectivity index is 2.30. The summed E-state index contributed by atoms with van der Waals surface area (Å²) in [6, 6.07) is 0. The molecule has 0 amide bonds.